The van der Waals surface area contributed by atoms with Crippen LogP contribution in [0.15, 0.2) is 131 Å². The highest BCUT2D eigenvalue weighted by atomic mass is 35.5. The Labute approximate surface area is 281 Å². The van der Waals surface area contributed by atoms with Gasteiger partial charge in [0.1, 0.15) is 10.9 Å². The van der Waals surface area contributed by atoms with Crippen LogP contribution in [-0.2, 0) is 15.8 Å². The third-order valence-electron chi connectivity index (χ3n) is 6.62. The van der Waals surface area contributed by atoms with Gasteiger partial charge >= 0.3 is 6.18 Å². The summed E-state index contributed by atoms with van der Waals surface area (Å²) in [6.45, 7) is 0. The largest absolute Gasteiger partial charge is 0.416 e. The van der Waals surface area contributed by atoms with Crippen molar-refractivity contribution >= 4 is 69.9 Å². The second-order valence-electron chi connectivity index (χ2n) is 9.96. The second kappa shape index (κ2) is 15.2. The molecule has 47 heavy (non-hydrogen) atoms. The number of amides is 3. The van der Waals surface area contributed by atoms with Crippen molar-refractivity contribution in [3.63, 3.8) is 0 Å². The van der Waals surface area contributed by atoms with Crippen LogP contribution in [-0.4, -0.2) is 17.7 Å². The lowest BCUT2D eigenvalue weighted by atomic mass is 10.1. The van der Waals surface area contributed by atoms with Crippen LogP contribution >= 0.6 is 34.7 Å². The lowest BCUT2D eigenvalue weighted by Gasteiger charge is -2.19. The van der Waals surface area contributed by atoms with Gasteiger partial charge in [-0.2, -0.15) is 13.2 Å². The Balaban J connectivity index is 1.32. The fraction of sp³-hybridized carbons (Fsp3) is 0.0571. The molecule has 5 rings (SSSR count). The maximum Gasteiger partial charge on any atom is 0.416 e. The average Bonchev–Trinajstić information content (AvgIpc) is 3.58. The Kier molecular flexibility index (Phi) is 10.8. The van der Waals surface area contributed by atoms with Crippen molar-refractivity contribution in [1.29, 1.82) is 0 Å². The molecule has 0 aliphatic rings. The van der Waals surface area contributed by atoms with Gasteiger partial charge in [-0.3, -0.25) is 14.4 Å². The van der Waals surface area contributed by atoms with E-state index in [2.05, 4.69) is 16.0 Å². The van der Waals surface area contributed by atoms with E-state index in [1.807, 2.05) is 17.5 Å². The van der Waals surface area contributed by atoms with Crippen LogP contribution in [0.2, 0.25) is 5.02 Å². The number of thiophene rings is 1. The molecule has 0 saturated heterocycles. The summed E-state index contributed by atoms with van der Waals surface area (Å²) in [5.41, 5.74) is 0.401. The van der Waals surface area contributed by atoms with E-state index in [1.165, 1.54) is 23.1 Å². The molecule has 3 amide bonds. The van der Waals surface area contributed by atoms with E-state index in [0.29, 0.717) is 21.7 Å². The Morgan fingerprint density at radius 1 is 0.809 bits per heavy atom. The number of benzene rings is 4. The summed E-state index contributed by atoms with van der Waals surface area (Å²) in [7, 11) is 0. The molecule has 0 bridgehead atoms. The molecule has 0 radical (unpaired) electrons. The number of rotatable bonds is 10. The molecule has 12 heteroatoms. The van der Waals surface area contributed by atoms with E-state index >= 15 is 0 Å². The summed E-state index contributed by atoms with van der Waals surface area (Å²) in [5.74, 6) is -1.55. The molecule has 0 aliphatic carbocycles. The predicted octanol–water partition coefficient (Wildman–Crippen LogP) is 9.30. The standard InChI is InChI=1S/C35H25ClF3N3O3S2/c36-28-18-13-24(35(37,38)39)20-29(28)41-34(45)31(22-8-3-1-4-9-22)47-26-16-14-25(15-17-26)40-33(44)30(21-27-12-7-19-46-27)42-32(43)23-10-5-2-6-11-23/h1-21,31H,(H,40,44)(H,41,45)(H,42,43)/b30-21-. The van der Waals surface area contributed by atoms with Crippen LogP contribution in [0.25, 0.3) is 6.08 Å². The van der Waals surface area contributed by atoms with E-state index in [-0.39, 0.29) is 16.4 Å². The number of hydrogen-bond acceptors (Lipinski definition) is 5. The molecule has 1 aromatic heterocycles. The Hall–Kier alpha value is -4.84. The number of hydrogen-bond donors (Lipinski definition) is 3. The summed E-state index contributed by atoms with van der Waals surface area (Å²) < 4.78 is 39.9. The van der Waals surface area contributed by atoms with Crippen LogP contribution in [0.1, 0.15) is 31.6 Å². The molecule has 1 atom stereocenters. The molecular formula is C35H25ClF3N3O3S2. The van der Waals surface area contributed by atoms with Crippen molar-refractivity contribution in [2.24, 2.45) is 0 Å². The van der Waals surface area contributed by atoms with Crippen molar-refractivity contribution in [1.82, 2.24) is 5.32 Å². The van der Waals surface area contributed by atoms with Gasteiger partial charge in [-0.25, -0.2) is 0 Å². The Bertz CT molecular complexity index is 1880. The summed E-state index contributed by atoms with van der Waals surface area (Å²) in [4.78, 5) is 41.0. The topological polar surface area (TPSA) is 87.3 Å². The third-order valence-corrected chi connectivity index (χ3v) is 9.03. The molecule has 1 unspecified atom stereocenters. The number of halogens is 4. The molecule has 0 saturated carbocycles. The van der Waals surface area contributed by atoms with E-state index < -0.39 is 34.7 Å². The first-order valence-electron chi connectivity index (χ1n) is 14.0. The fourth-order valence-corrected chi connectivity index (χ4v) is 6.15. The lowest BCUT2D eigenvalue weighted by Crippen LogP contribution is -2.30. The van der Waals surface area contributed by atoms with Crippen LogP contribution in [0.4, 0.5) is 24.5 Å². The zero-order chi connectivity index (χ0) is 33.4. The van der Waals surface area contributed by atoms with Gasteiger partial charge in [0.25, 0.3) is 11.8 Å². The predicted molar refractivity (Wildman–Crippen MR) is 181 cm³/mol. The first-order chi connectivity index (χ1) is 22.6. The molecule has 0 aliphatic heterocycles. The second-order valence-corrected chi connectivity index (χ2v) is 12.5. The Morgan fingerprint density at radius 3 is 2.13 bits per heavy atom. The molecule has 1 heterocycles. The summed E-state index contributed by atoms with van der Waals surface area (Å²) in [5, 5.41) is 9.00. The first-order valence-corrected chi connectivity index (χ1v) is 16.1. The van der Waals surface area contributed by atoms with Gasteiger partial charge in [0.05, 0.1) is 16.3 Å². The van der Waals surface area contributed by atoms with Crippen LogP contribution in [0.3, 0.4) is 0 Å². The first kappa shape index (κ1) is 33.5. The summed E-state index contributed by atoms with van der Waals surface area (Å²) in [6, 6.07) is 30.4. The summed E-state index contributed by atoms with van der Waals surface area (Å²) in [6.07, 6.45) is -3.02. The number of carbonyl (C=O) groups excluding carboxylic acids is 3. The minimum Gasteiger partial charge on any atom is -0.323 e. The number of carbonyl (C=O) groups is 3. The van der Waals surface area contributed by atoms with Gasteiger partial charge in [0.15, 0.2) is 0 Å². The van der Waals surface area contributed by atoms with E-state index in [9.17, 15) is 27.6 Å². The van der Waals surface area contributed by atoms with Gasteiger partial charge in [-0.15, -0.1) is 23.1 Å². The van der Waals surface area contributed by atoms with Crippen molar-refractivity contribution in [3.8, 4) is 0 Å². The van der Waals surface area contributed by atoms with Crippen molar-refractivity contribution in [3.05, 3.63) is 153 Å². The molecule has 4 aromatic carbocycles. The average molecular weight is 692 g/mol. The normalized spacial score (nSPS) is 12.2. The molecular weight excluding hydrogens is 667 g/mol. The third kappa shape index (κ3) is 9.13. The zero-order valence-corrected chi connectivity index (χ0v) is 26.6. The Morgan fingerprint density at radius 2 is 1.49 bits per heavy atom. The maximum absolute atomic E-state index is 13.5. The highest BCUT2D eigenvalue weighted by Crippen LogP contribution is 2.39. The van der Waals surface area contributed by atoms with Gasteiger partial charge in [-0.1, -0.05) is 66.2 Å². The minimum absolute atomic E-state index is 0.0317. The lowest BCUT2D eigenvalue weighted by molar-refractivity contribution is -0.137. The van der Waals surface area contributed by atoms with Gasteiger partial charge in [0.2, 0.25) is 5.91 Å². The number of anilines is 2. The molecule has 0 fully saturated rings. The van der Waals surface area contributed by atoms with E-state index in [4.69, 9.17) is 11.6 Å². The van der Waals surface area contributed by atoms with Gasteiger partial charge < -0.3 is 16.0 Å². The van der Waals surface area contributed by atoms with E-state index in [0.717, 1.165) is 23.1 Å². The maximum atomic E-state index is 13.5. The quantitative estimate of drug-likeness (QED) is 0.101. The van der Waals surface area contributed by atoms with Crippen molar-refractivity contribution in [2.45, 2.75) is 16.3 Å². The summed E-state index contributed by atoms with van der Waals surface area (Å²) >= 11 is 8.71. The van der Waals surface area contributed by atoms with Crippen LogP contribution in [0.5, 0.6) is 0 Å². The number of thioether (sulfide) groups is 1. The van der Waals surface area contributed by atoms with Crippen molar-refractivity contribution < 1.29 is 27.6 Å². The highest BCUT2D eigenvalue weighted by Gasteiger charge is 2.31. The highest BCUT2D eigenvalue weighted by molar-refractivity contribution is 8.00. The minimum atomic E-state index is -4.61. The van der Waals surface area contributed by atoms with Crippen molar-refractivity contribution in [2.75, 3.05) is 10.6 Å². The van der Waals surface area contributed by atoms with Crippen LogP contribution in [0, 0.1) is 0 Å². The molecule has 5 aromatic rings. The SMILES string of the molecule is O=C(Nc1ccc(SC(C(=O)Nc2cc(C(F)(F)F)ccc2Cl)c2ccccc2)cc1)/C(=C/c1cccs1)NC(=O)c1ccccc1. The van der Waals surface area contributed by atoms with Gasteiger partial charge in [-0.05, 0) is 77.7 Å². The smallest absolute Gasteiger partial charge is 0.323 e. The fourth-order valence-electron chi connectivity index (χ4n) is 4.31. The van der Waals surface area contributed by atoms with Gasteiger partial charge in [0, 0.05) is 21.0 Å². The van der Waals surface area contributed by atoms with Crippen LogP contribution < -0.4 is 16.0 Å². The molecule has 6 nitrogen and oxygen atoms in total. The number of alkyl halides is 3. The monoisotopic (exact) mass is 691 g/mol. The molecule has 238 valence electrons. The van der Waals surface area contributed by atoms with E-state index in [1.54, 1.807) is 91.0 Å². The zero-order valence-electron chi connectivity index (χ0n) is 24.3. The molecule has 0 spiro atoms. The number of nitrogens with one attached hydrogen (secondary N) is 3. The molecule has 3 N–H and O–H groups in total.